The minimum Gasteiger partial charge on any atom is -0.455 e. The molecule has 5 rings (SSSR count). The Balaban J connectivity index is 1.27. The Kier molecular flexibility index (Phi) is 7.88. The van der Waals surface area contributed by atoms with Crippen LogP contribution in [-0.4, -0.2) is 45.0 Å². The Hall–Kier alpha value is -4.64. The number of carbonyl (C=O) groups excluding carboxylic acids is 1. The van der Waals surface area contributed by atoms with E-state index in [2.05, 4.69) is 44.4 Å². The first-order chi connectivity index (χ1) is 19.0. The van der Waals surface area contributed by atoms with Crippen molar-refractivity contribution < 1.29 is 9.53 Å². The van der Waals surface area contributed by atoms with Gasteiger partial charge >= 0.3 is 6.03 Å². The monoisotopic (exact) mass is 520 g/mol. The third-order valence-corrected chi connectivity index (χ3v) is 6.81. The summed E-state index contributed by atoms with van der Waals surface area (Å²) < 4.78 is 6.00. The van der Waals surface area contributed by atoms with Gasteiger partial charge in [-0.15, -0.1) is 0 Å². The Morgan fingerprint density at radius 3 is 2.77 bits per heavy atom. The van der Waals surface area contributed by atoms with E-state index in [1.165, 1.54) is 6.42 Å². The molecule has 0 aliphatic carbocycles. The maximum atomic E-state index is 12.5. The van der Waals surface area contributed by atoms with Crippen LogP contribution in [0, 0.1) is 25.7 Å². The number of aromatic nitrogens is 3. The van der Waals surface area contributed by atoms with Crippen LogP contribution in [0.5, 0.6) is 11.5 Å². The fraction of sp³-hybridized carbons (Fsp3) is 0.290. The van der Waals surface area contributed by atoms with E-state index in [0.717, 1.165) is 58.5 Å². The second-order valence-electron chi connectivity index (χ2n) is 9.80. The predicted octanol–water partition coefficient (Wildman–Crippen LogP) is 6.11. The first kappa shape index (κ1) is 26.0. The molecule has 0 radical (unpaired) electrons. The molecule has 39 heavy (non-hydrogen) atoms. The number of nitrogens with zero attached hydrogens (tertiary/aromatic N) is 4. The van der Waals surface area contributed by atoms with Crippen LogP contribution in [0.1, 0.15) is 43.0 Å². The maximum Gasteiger partial charge on any atom is 0.318 e. The van der Waals surface area contributed by atoms with Crippen molar-refractivity contribution in [2.24, 2.45) is 0 Å². The summed E-state index contributed by atoms with van der Waals surface area (Å²) in [7, 11) is 0. The van der Waals surface area contributed by atoms with Gasteiger partial charge in [-0.2, -0.15) is 0 Å². The van der Waals surface area contributed by atoms with E-state index in [-0.39, 0.29) is 12.1 Å². The van der Waals surface area contributed by atoms with Gasteiger partial charge in [-0.25, -0.2) is 14.8 Å². The zero-order chi connectivity index (χ0) is 27.2. The number of urea groups is 1. The SMILES string of the molecule is Cc1ccc(Oc2ccc(Nc3ncnc4ccc(C#CCNC(=O)N5CCCCC5C)cc34)cc2C)cn1. The Labute approximate surface area is 228 Å². The van der Waals surface area contributed by atoms with Crippen molar-refractivity contribution in [2.45, 2.75) is 46.1 Å². The average molecular weight is 521 g/mol. The first-order valence-electron chi connectivity index (χ1n) is 13.2. The van der Waals surface area contributed by atoms with Gasteiger partial charge in [-0.3, -0.25) is 4.98 Å². The highest BCUT2D eigenvalue weighted by Gasteiger charge is 2.22. The summed E-state index contributed by atoms with van der Waals surface area (Å²) in [5.41, 5.74) is 4.44. The van der Waals surface area contributed by atoms with Crippen LogP contribution >= 0.6 is 0 Å². The van der Waals surface area contributed by atoms with Gasteiger partial charge in [0.15, 0.2) is 0 Å². The van der Waals surface area contributed by atoms with Gasteiger partial charge in [0, 0.05) is 34.9 Å². The number of rotatable bonds is 5. The molecular weight excluding hydrogens is 488 g/mol. The molecule has 3 heterocycles. The van der Waals surface area contributed by atoms with E-state index in [9.17, 15) is 4.79 Å². The van der Waals surface area contributed by atoms with Crippen molar-refractivity contribution in [3.8, 4) is 23.3 Å². The van der Waals surface area contributed by atoms with E-state index < -0.39 is 0 Å². The third-order valence-electron chi connectivity index (χ3n) is 6.81. The van der Waals surface area contributed by atoms with Gasteiger partial charge < -0.3 is 20.3 Å². The topological polar surface area (TPSA) is 92.3 Å². The highest BCUT2D eigenvalue weighted by Crippen LogP contribution is 2.30. The van der Waals surface area contributed by atoms with Gasteiger partial charge in [0.05, 0.1) is 18.3 Å². The highest BCUT2D eigenvalue weighted by molar-refractivity contribution is 5.91. The number of likely N-dealkylation sites (tertiary alicyclic amines) is 1. The van der Waals surface area contributed by atoms with Crippen molar-refractivity contribution in [1.82, 2.24) is 25.2 Å². The van der Waals surface area contributed by atoms with Crippen LogP contribution in [0.25, 0.3) is 10.9 Å². The Bertz CT molecular complexity index is 1540. The average Bonchev–Trinajstić information content (AvgIpc) is 2.94. The van der Waals surface area contributed by atoms with Crippen molar-refractivity contribution in [2.75, 3.05) is 18.4 Å². The van der Waals surface area contributed by atoms with Crippen LogP contribution in [0.3, 0.4) is 0 Å². The summed E-state index contributed by atoms with van der Waals surface area (Å²) in [6, 6.07) is 15.8. The summed E-state index contributed by atoms with van der Waals surface area (Å²) in [5, 5.41) is 7.19. The molecular formula is C31H32N6O2. The number of anilines is 2. The van der Waals surface area contributed by atoms with Crippen molar-refractivity contribution in [3.05, 3.63) is 77.9 Å². The smallest absolute Gasteiger partial charge is 0.318 e. The Morgan fingerprint density at radius 2 is 1.97 bits per heavy atom. The van der Waals surface area contributed by atoms with E-state index in [0.29, 0.717) is 18.1 Å². The number of ether oxygens (including phenoxy) is 1. The summed E-state index contributed by atoms with van der Waals surface area (Å²) in [6.45, 7) is 7.14. The number of benzene rings is 2. The molecule has 1 unspecified atom stereocenters. The lowest BCUT2D eigenvalue weighted by Gasteiger charge is -2.33. The molecule has 4 aromatic rings. The quantitative estimate of drug-likeness (QED) is 0.308. The number of amides is 2. The van der Waals surface area contributed by atoms with E-state index in [1.54, 1.807) is 12.5 Å². The number of nitrogens with one attached hydrogen (secondary N) is 2. The maximum absolute atomic E-state index is 12.5. The van der Waals surface area contributed by atoms with E-state index in [1.807, 2.05) is 67.3 Å². The fourth-order valence-corrected chi connectivity index (χ4v) is 4.62. The molecule has 8 nitrogen and oxygen atoms in total. The van der Waals surface area contributed by atoms with Crippen LogP contribution in [0.4, 0.5) is 16.3 Å². The molecule has 2 amide bonds. The third kappa shape index (κ3) is 6.44. The molecule has 1 fully saturated rings. The molecule has 0 saturated carbocycles. The molecule has 1 aliphatic heterocycles. The summed E-state index contributed by atoms with van der Waals surface area (Å²) in [6.07, 6.45) is 6.55. The van der Waals surface area contributed by atoms with E-state index >= 15 is 0 Å². The standard InChI is InChI=1S/C31H32N6O2/c1-21-17-25(11-14-29(21)39-26-12-9-22(2)33-19-26)36-30-27-18-24(10-13-28(27)34-20-35-30)8-6-15-32-31(38)37-16-5-4-7-23(37)3/h9-14,17-20,23H,4-5,7,15-16H2,1-3H3,(H,32,38)(H,34,35,36). The number of piperidine rings is 1. The van der Waals surface area contributed by atoms with Crippen LogP contribution in [-0.2, 0) is 0 Å². The normalized spacial score (nSPS) is 14.8. The molecule has 2 aromatic carbocycles. The molecule has 8 heteroatoms. The molecule has 1 aliphatic rings. The number of aryl methyl sites for hydroxylation is 2. The first-order valence-corrected chi connectivity index (χ1v) is 13.2. The molecule has 2 aromatic heterocycles. The zero-order valence-electron chi connectivity index (χ0n) is 22.5. The second kappa shape index (κ2) is 11.8. The highest BCUT2D eigenvalue weighted by atomic mass is 16.5. The van der Waals surface area contributed by atoms with Crippen LogP contribution in [0.2, 0.25) is 0 Å². The van der Waals surface area contributed by atoms with Crippen molar-refractivity contribution in [3.63, 3.8) is 0 Å². The van der Waals surface area contributed by atoms with Crippen molar-refractivity contribution in [1.29, 1.82) is 0 Å². The number of pyridine rings is 1. The molecule has 1 saturated heterocycles. The van der Waals surface area contributed by atoms with Crippen LogP contribution < -0.4 is 15.4 Å². The van der Waals surface area contributed by atoms with Gasteiger partial charge in [-0.1, -0.05) is 11.8 Å². The largest absolute Gasteiger partial charge is 0.455 e. The molecule has 0 spiro atoms. The lowest BCUT2D eigenvalue weighted by atomic mass is 10.0. The predicted molar refractivity (Wildman–Crippen MR) is 153 cm³/mol. The zero-order valence-corrected chi connectivity index (χ0v) is 22.5. The molecule has 0 bridgehead atoms. The van der Waals surface area contributed by atoms with Gasteiger partial charge in [0.2, 0.25) is 0 Å². The van der Waals surface area contributed by atoms with Crippen molar-refractivity contribution >= 4 is 28.4 Å². The lowest BCUT2D eigenvalue weighted by Crippen LogP contribution is -2.47. The fourth-order valence-electron chi connectivity index (χ4n) is 4.62. The number of carbonyl (C=O) groups is 1. The molecule has 198 valence electrons. The number of hydrogen-bond donors (Lipinski definition) is 2. The van der Waals surface area contributed by atoms with Gasteiger partial charge in [-0.05, 0) is 94.1 Å². The number of fused-ring (bicyclic) bond motifs is 1. The number of hydrogen-bond acceptors (Lipinski definition) is 6. The minimum absolute atomic E-state index is 0.0443. The molecule has 1 atom stereocenters. The summed E-state index contributed by atoms with van der Waals surface area (Å²) >= 11 is 0. The molecule has 2 N–H and O–H groups in total. The van der Waals surface area contributed by atoms with Crippen LogP contribution in [0.15, 0.2) is 61.1 Å². The lowest BCUT2D eigenvalue weighted by molar-refractivity contribution is 0.159. The van der Waals surface area contributed by atoms with Gasteiger partial charge in [0.25, 0.3) is 0 Å². The summed E-state index contributed by atoms with van der Waals surface area (Å²) in [5.74, 6) is 8.37. The Morgan fingerprint density at radius 1 is 1.08 bits per heavy atom. The summed E-state index contributed by atoms with van der Waals surface area (Å²) in [4.78, 5) is 27.5. The van der Waals surface area contributed by atoms with Gasteiger partial charge in [0.1, 0.15) is 23.6 Å². The minimum atomic E-state index is -0.0443. The second-order valence-corrected chi connectivity index (χ2v) is 9.80. The van der Waals surface area contributed by atoms with E-state index in [4.69, 9.17) is 4.74 Å².